The predicted octanol–water partition coefficient (Wildman–Crippen LogP) is 2.22. The number of furan rings is 1. The molecule has 0 aliphatic rings. The average molecular weight is 248 g/mol. The minimum Gasteiger partial charge on any atom is -0.467 e. The molecule has 0 unspecified atom stereocenters. The lowest BCUT2D eigenvalue weighted by atomic mass is 10.1. The molecule has 0 aliphatic heterocycles. The van der Waals surface area contributed by atoms with E-state index in [4.69, 9.17) is 4.42 Å². The quantitative estimate of drug-likeness (QED) is 0.824. The molecule has 0 amide bonds. The minimum absolute atomic E-state index is 0.222. The molecule has 18 heavy (non-hydrogen) atoms. The Morgan fingerprint density at radius 3 is 2.83 bits per heavy atom. The highest BCUT2D eigenvalue weighted by molar-refractivity contribution is 5.06. The number of aliphatic hydroxyl groups excluding tert-OH is 1. The van der Waals surface area contributed by atoms with Gasteiger partial charge in [-0.1, -0.05) is 0 Å². The van der Waals surface area contributed by atoms with Crippen LogP contribution in [0.15, 0.2) is 41.1 Å². The highest BCUT2D eigenvalue weighted by Crippen LogP contribution is 2.18. The van der Waals surface area contributed by atoms with Crippen molar-refractivity contribution in [3.8, 4) is 0 Å². The van der Waals surface area contributed by atoms with Gasteiger partial charge in [0.1, 0.15) is 11.9 Å². The number of nitrogens with zero attached hydrogens (tertiary/aromatic N) is 1. The first kappa shape index (κ1) is 12.9. The Balaban J connectivity index is 1.79. The first-order valence-corrected chi connectivity index (χ1v) is 6.22. The number of hydrogen-bond acceptors (Lipinski definition) is 3. The molecule has 2 rings (SSSR count). The van der Waals surface area contributed by atoms with Crippen LogP contribution in [-0.4, -0.2) is 15.7 Å². The van der Waals surface area contributed by atoms with Crippen LogP contribution >= 0.6 is 0 Å². The molecule has 2 atom stereocenters. The van der Waals surface area contributed by atoms with Crippen molar-refractivity contribution in [3.05, 3.63) is 48.2 Å². The molecule has 2 heterocycles. The van der Waals surface area contributed by atoms with E-state index in [0.29, 0.717) is 12.2 Å². The summed E-state index contributed by atoms with van der Waals surface area (Å²) in [5, 5.41) is 13.3. The Kier molecular flexibility index (Phi) is 4.23. The highest BCUT2D eigenvalue weighted by Gasteiger charge is 2.14. The van der Waals surface area contributed by atoms with Crippen LogP contribution in [0.25, 0.3) is 0 Å². The molecule has 0 saturated heterocycles. The number of aromatic nitrogens is 1. The van der Waals surface area contributed by atoms with Gasteiger partial charge in [-0.05, 0) is 37.6 Å². The van der Waals surface area contributed by atoms with E-state index < -0.39 is 6.10 Å². The molecule has 0 spiro atoms. The summed E-state index contributed by atoms with van der Waals surface area (Å²) < 4.78 is 7.27. The molecule has 0 radical (unpaired) electrons. The molecule has 2 aromatic heterocycles. The molecule has 0 fully saturated rings. The van der Waals surface area contributed by atoms with Crippen molar-refractivity contribution in [2.75, 3.05) is 0 Å². The smallest absolute Gasteiger partial charge is 0.132 e. The van der Waals surface area contributed by atoms with E-state index in [-0.39, 0.29) is 6.04 Å². The van der Waals surface area contributed by atoms with Gasteiger partial charge in [0.2, 0.25) is 0 Å². The normalized spacial score (nSPS) is 14.6. The first-order valence-electron chi connectivity index (χ1n) is 6.22. The summed E-state index contributed by atoms with van der Waals surface area (Å²) in [7, 11) is 2.03. The summed E-state index contributed by atoms with van der Waals surface area (Å²) in [6, 6.07) is 7.93. The second kappa shape index (κ2) is 5.89. The maximum absolute atomic E-state index is 9.95. The van der Waals surface area contributed by atoms with Crippen molar-refractivity contribution in [3.63, 3.8) is 0 Å². The average Bonchev–Trinajstić information content (AvgIpc) is 2.97. The standard InChI is InChI=1S/C14H20N2O2/c1-11(9-13(17)14-6-4-8-18-14)15-10-12-5-3-7-16(12)2/h3-8,11,13,15,17H,9-10H2,1-2H3/t11-,13-/m1/s1. The van der Waals surface area contributed by atoms with Gasteiger partial charge in [-0.15, -0.1) is 0 Å². The Labute approximate surface area is 107 Å². The molecule has 4 nitrogen and oxygen atoms in total. The molecule has 98 valence electrons. The SMILES string of the molecule is C[C@H](C[C@@H](O)c1ccco1)NCc1cccn1C. The van der Waals surface area contributed by atoms with Crippen LogP contribution in [-0.2, 0) is 13.6 Å². The van der Waals surface area contributed by atoms with Crippen LogP contribution in [0.1, 0.15) is 30.9 Å². The first-order chi connectivity index (χ1) is 8.66. The Bertz CT molecular complexity index is 462. The van der Waals surface area contributed by atoms with E-state index in [1.807, 2.05) is 19.3 Å². The lowest BCUT2D eigenvalue weighted by Gasteiger charge is -2.17. The van der Waals surface area contributed by atoms with Gasteiger partial charge in [0.05, 0.1) is 6.26 Å². The fourth-order valence-corrected chi connectivity index (χ4v) is 1.97. The van der Waals surface area contributed by atoms with Gasteiger partial charge in [0, 0.05) is 31.5 Å². The number of nitrogens with one attached hydrogen (secondary N) is 1. The van der Waals surface area contributed by atoms with Gasteiger partial charge in [0.25, 0.3) is 0 Å². The number of aliphatic hydroxyl groups is 1. The molecule has 0 aliphatic carbocycles. The predicted molar refractivity (Wildman–Crippen MR) is 70.0 cm³/mol. The van der Waals surface area contributed by atoms with E-state index in [1.54, 1.807) is 18.4 Å². The van der Waals surface area contributed by atoms with Crippen molar-refractivity contribution < 1.29 is 9.52 Å². The van der Waals surface area contributed by atoms with Gasteiger partial charge in [-0.25, -0.2) is 0 Å². The van der Waals surface area contributed by atoms with Crippen molar-refractivity contribution in [2.24, 2.45) is 7.05 Å². The number of aryl methyl sites for hydroxylation is 1. The topological polar surface area (TPSA) is 50.3 Å². The Hall–Kier alpha value is -1.52. The van der Waals surface area contributed by atoms with Crippen molar-refractivity contribution in [1.29, 1.82) is 0 Å². The summed E-state index contributed by atoms with van der Waals surface area (Å²) in [5.41, 5.74) is 1.23. The second-order valence-corrected chi connectivity index (χ2v) is 4.66. The molecular formula is C14H20N2O2. The maximum Gasteiger partial charge on any atom is 0.132 e. The van der Waals surface area contributed by atoms with Crippen molar-refractivity contribution in [1.82, 2.24) is 9.88 Å². The summed E-state index contributed by atoms with van der Waals surface area (Å²) in [4.78, 5) is 0. The number of rotatable bonds is 6. The van der Waals surface area contributed by atoms with Gasteiger partial charge >= 0.3 is 0 Å². The van der Waals surface area contributed by atoms with E-state index in [1.165, 1.54) is 5.69 Å². The van der Waals surface area contributed by atoms with E-state index in [2.05, 4.69) is 22.9 Å². The van der Waals surface area contributed by atoms with E-state index >= 15 is 0 Å². The lowest BCUT2D eigenvalue weighted by molar-refractivity contribution is 0.128. The van der Waals surface area contributed by atoms with Crippen molar-refractivity contribution >= 4 is 0 Å². The third-order valence-corrected chi connectivity index (χ3v) is 3.13. The zero-order valence-corrected chi connectivity index (χ0v) is 10.8. The summed E-state index contributed by atoms with van der Waals surface area (Å²) in [5.74, 6) is 0.627. The number of hydrogen-bond donors (Lipinski definition) is 2. The second-order valence-electron chi connectivity index (χ2n) is 4.66. The molecule has 2 aromatic rings. The van der Waals surface area contributed by atoms with Crippen LogP contribution in [0.4, 0.5) is 0 Å². The molecule has 0 aromatic carbocycles. The van der Waals surface area contributed by atoms with E-state index in [0.717, 1.165) is 6.54 Å². The minimum atomic E-state index is -0.545. The van der Waals surface area contributed by atoms with Crippen LogP contribution < -0.4 is 5.32 Å². The fourth-order valence-electron chi connectivity index (χ4n) is 1.97. The van der Waals surface area contributed by atoms with Crippen LogP contribution in [0.2, 0.25) is 0 Å². The van der Waals surface area contributed by atoms with Crippen LogP contribution in [0, 0.1) is 0 Å². The highest BCUT2D eigenvalue weighted by atomic mass is 16.4. The van der Waals surface area contributed by atoms with E-state index in [9.17, 15) is 5.11 Å². The lowest BCUT2D eigenvalue weighted by Crippen LogP contribution is -2.28. The largest absolute Gasteiger partial charge is 0.467 e. The molecule has 0 bridgehead atoms. The zero-order chi connectivity index (χ0) is 13.0. The summed E-state index contributed by atoms with van der Waals surface area (Å²) in [6.45, 7) is 2.87. The van der Waals surface area contributed by atoms with Gasteiger partial charge in [-0.2, -0.15) is 0 Å². The molecular weight excluding hydrogens is 228 g/mol. The maximum atomic E-state index is 9.95. The van der Waals surface area contributed by atoms with Gasteiger partial charge in [-0.3, -0.25) is 0 Å². The van der Waals surface area contributed by atoms with Gasteiger partial charge < -0.3 is 19.4 Å². The monoisotopic (exact) mass is 248 g/mol. The summed E-state index contributed by atoms with van der Waals surface area (Å²) >= 11 is 0. The fraction of sp³-hybridized carbons (Fsp3) is 0.429. The Morgan fingerprint density at radius 2 is 2.22 bits per heavy atom. The summed E-state index contributed by atoms with van der Waals surface area (Å²) in [6.07, 6.45) is 3.70. The Morgan fingerprint density at radius 1 is 1.39 bits per heavy atom. The molecule has 0 saturated carbocycles. The zero-order valence-electron chi connectivity index (χ0n) is 10.8. The van der Waals surface area contributed by atoms with Crippen LogP contribution in [0.3, 0.4) is 0 Å². The van der Waals surface area contributed by atoms with Crippen molar-refractivity contribution in [2.45, 2.75) is 32.0 Å². The third kappa shape index (κ3) is 3.24. The van der Waals surface area contributed by atoms with Crippen LogP contribution in [0.5, 0.6) is 0 Å². The molecule has 2 N–H and O–H groups in total. The third-order valence-electron chi connectivity index (χ3n) is 3.13. The van der Waals surface area contributed by atoms with Gasteiger partial charge in [0.15, 0.2) is 0 Å². The molecule has 4 heteroatoms.